The zero-order valence-corrected chi connectivity index (χ0v) is 16.0. The molecule has 138 valence electrons. The van der Waals surface area contributed by atoms with E-state index in [1.807, 2.05) is 32.0 Å². The highest BCUT2D eigenvalue weighted by atomic mass is 35.5. The summed E-state index contributed by atoms with van der Waals surface area (Å²) in [7, 11) is 0. The fourth-order valence-electron chi connectivity index (χ4n) is 3.84. The number of fused-ring (bicyclic) bond motifs is 1. The topological polar surface area (TPSA) is 55.7 Å². The van der Waals surface area contributed by atoms with E-state index in [0.717, 1.165) is 37.0 Å². The van der Waals surface area contributed by atoms with Crippen LogP contribution >= 0.6 is 11.6 Å². The van der Waals surface area contributed by atoms with Crippen LogP contribution in [0.2, 0.25) is 5.02 Å². The second kappa shape index (κ2) is 8.17. The molecule has 26 heavy (non-hydrogen) atoms. The molecule has 1 aliphatic heterocycles. The van der Waals surface area contributed by atoms with Crippen molar-refractivity contribution in [3.8, 4) is 0 Å². The van der Waals surface area contributed by atoms with E-state index in [1.165, 1.54) is 0 Å². The molecule has 0 aromatic heterocycles. The van der Waals surface area contributed by atoms with E-state index in [2.05, 4.69) is 4.99 Å². The highest BCUT2D eigenvalue weighted by Gasteiger charge is 2.44. The SMILES string of the molecule is CCCCOC(=O)C1=C(C)N=C2CCCC(=O)[C@@H]2[C@H]1c1ccccc1Cl. The van der Waals surface area contributed by atoms with Crippen LogP contribution in [0, 0.1) is 5.92 Å². The molecule has 3 rings (SSSR count). The van der Waals surface area contributed by atoms with Crippen molar-refractivity contribution in [2.75, 3.05) is 6.61 Å². The lowest BCUT2D eigenvalue weighted by Gasteiger charge is -2.35. The van der Waals surface area contributed by atoms with Crippen LogP contribution in [0.3, 0.4) is 0 Å². The number of hydrogen-bond donors (Lipinski definition) is 0. The van der Waals surface area contributed by atoms with Gasteiger partial charge >= 0.3 is 5.97 Å². The molecule has 0 spiro atoms. The largest absolute Gasteiger partial charge is 0.462 e. The molecule has 1 aromatic carbocycles. The third-order valence-corrected chi connectivity index (χ3v) is 5.44. The zero-order chi connectivity index (χ0) is 18.7. The van der Waals surface area contributed by atoms with E-state index in [0.29, 0.717) is 29.3 Å². The first kappa shape index (κ1) is 18.8. The molecule has 1 heterocycles. The number of aliphatic imine (C=N–C) groups is 1. The molecule has 1 aromatic rings. The molecule has 1 saturated carbocycles. The molecule has 0 bridgehead atoms. The van der Waals surface area contributed by atoms with Gasteiger partial charge < -0.3 is 4.74 Å². The lowest BCUT2D eigenvalue weighted by atomic mass is 9.69. The summed E-state index contributed by atoms with van der Waals surface area (Å²) in [6, 6.07) is 7.42. The maximum atomic E-state index is 12.9. The summed E-state index contributed by atoms with van der Waals surface area (Å²) in [6.45, 7) is 4.24. The molecular weight excluding hydrogens is 350 g/mol. The smallest absolute Gasteiger partial charge is 0.336 e. The van der Waals surface area contributed by atoms with Crippen molar-refractivity contribution >= 4 is 29.1 Å². The summed E-state index contributed by atoms with van der Waals surface area (Å²) in [5.41, 5.74) is 2.77. The average molecular weight is 374 g/mol. The fourth-order valence-corrected chi connectivity index (χ4v) is 4.09. The lowest BCUT2D eigenvalue weighted by molar-refractivity contribution is -0.139. The summed E-state index contributed by atoms with van der Waals surface area (Å²) in [5.74, 6) is -1.09. The van der Waals surface area contributed by atoms with E-state index < -0.39 is 11.8 Å². The average Bonchev–Trinajstić information content (AvgIpc) is 2.61. The zero-order valence-electron chi connectivity index (χ0n) is 15.3. The summed E-state index contributed by atoms with van der Waals surface area (Å²) < 4.78 is 5.48. The molecule has 1 aliphatic carbocycles. The van der Waals surface area contributed by atoms with Crippen molar-refractivity contribution in [1.82, 2.24) is 0 Å². The van der Waals surface area contributed by atoms with E-state index in [-0.39, 0.29) is 11.8 Å². The van der Waals surface area contributed by atoms with Gasteiger partial charge in [0.2, 0.25) is 0 Å². The van der Waals surface area contributed by atoms with Crippen molar-refractivity contribution in [3.05, 3.63) is 46.1 Å². The van der Waals surface area contributed by atoms with Gasteiger partial charge in [0, 0.05) is 28.8 Å². The molecule has 0 amide bonds. The number of carbonyl (C=O) groups excluding carboxylic acids is 2. The number of Topliss-reactive ketones (excluding diaryl/α,β-unsaturated/α-hetero) is 1. The monoisotopic (exact) mass is 373 g/mol. The number of rotatable bonds is 5. The van der Waals surface area contributed by atoms with Crippen molar-refractivity contribution < 1.29 is 14.3 Å². The minimum Gasteiger partial charge on any atom is -0.462 e. The Morgan fingerprint density at radius 2 is 2.04 bits per heavy atom. The van der Waals surface area contributed by atoms with Crippen LogP contribution in [-0.2, 0) is 14.3 Å². The second-order valence-electron chi connectivity index (χ2n) is 6.89. The van der Waals surface area contributed by atoms with Crippen molar-refractivity contribution in [1.29, 1.82) is 0 Å². The molecule has 2 atom stereocenters. The molecule has 5 heteroatoms. The number of unbranched alkanes of at least 4 members (excludes halogenated alkanes) is 1. The summed E-state index contributed by atoms with van der Waals surface area (Å²) in [5, 5.41) is 0.559. The highest BCUT2D eigenvalue weighted by Crippen LogP contribution is 2.44. The molecule has 0 N–H and O–H groups in total. The molecule has 0 unspecified atom stereocenters. The Bertz CT molecular complexity index is 781. The third kappa shape index (κ3) is 3.61. The van der Waals surface area contributed by atoms with Gasteiger partial charge in [-0.3, -0.25) is 9.79 Å². The normalized spacial score (nSPS) is 22.7. The summed E-state index contributed by atoms with van der Waals surface area (Å²) in [6.07, 6.45) is 3.87. The number of ketones is 1. The number of hydrogen-bond acceptors (Lipinski definition) is 4. The Morgan fingerprint density at radius 3 is 2.77 bits per heavy atom. The number of nitrogens with zero attached hydrogens (tertiary/aromatic N) is 1. The van der Waals surface area contributed by atoms with Gasteiger partial charge in [0.05, 0.1) is 18.1 Å². The fraction of sp³-hybridized carbons (Fsp3) is 0.476. The predicted octanol–water partition coefficient (Wildman–Crippen LogP) is 4.86. The minimum absolute atomic E-state index is 0.131. The van der Waals surface area contributed by atoms with Crippen molar-refractivity contribution in [2.24, 2.45) is 10.9 Å². The van der Waals surface area contributed by atoms with Gasteiger partial charge in [0.15, 0.2) is 0 Å². The van der Waals surface area contributed by atoms with E-state index >= 15 is 0 Å². The first-order valence-corrected chi connectivity index (χ1v) is 9.64. The van der Waals surface area contributed by atoms with Crippen LogP contribution in [0.15, 0.2) is 40.5 Å². The first-order chi connectivity index (χ1) is 12.5. The van der Waals surface area contributed by atoms with Gasteiger partial charge in [-0.1, -0.05) is 43.1 Å². The number of esters is 1. The number of halogens is 1. The predicted molar refractivity (Wildman–Crippen MR) is 103 cm³/mol. The number of carbonyl (C=O) groups is 2. The van der Waals surface area contributed by atoms with Gasteiger partial charge in [-0.2, -0.15) is 0 Å². The standard InChI is InChI=1S/C21H24ClNO3/c1-3-4-12-26-21(25)18-13(2)23-16-10-7-11-17(24)20(16)19(18)14-8-5-6-9-15(14)22/h5-6,8-9,19-20H,3-4,7,10-12H2,1-2H3/t19-,20+/m0/s1. The quantitative estimate of drug-likeness (QED) is 0.546. The van der Waals surface area contributed by atoms with Gasteiger partial charge in [-0.15, -0.1) is 0 Å². The number of benzene rings is 1. The first-order valence-electron chi connectivity index (χ1n) is 9.27. The lowest BCUT2D eigenvalue weighted by Crippen LogP contribution is -2.39. The van der Waals surface area contributed by atoms with Crippen LogP contribution in [0.1, 0.15) is 57.4 Å². The summed E-state index contributed by atoms with van der Waals surface area (Å²) >= 11 is 6.46. The Morgan fingerprint density at radius 1 is 1.27 bits per heavy atom. The van der Waals surface area contributed by atoms with Gasteiger partial charge in [-0.05, 0) is 37.8 Å². The Kier molecular flexibility index (Phi) is 5.92. The van der Waals surface area contributed by atoms with E-state index in [9.17, 15) is 9.59 Å². The Labute approximate surface area is 159 Å². The maximum absolute atomic E-state index is 12.9. The number of allylic oxidation sites excluding steroid dienone is 1. The Hall–Kier alpha value is -1.94. The molecular formula is C21H24ClNO3. The van der Waals surface area contributed by atoms with Crippen LogP contribution < -0.4 is 0 Å². The molecule has 1 fully saturated rings. The van der Waals surface area contributed by atoms with Crippen molar-refractivity contribution in [3.63, 3.8) is 0 Å². The van der Waals surface area contributed by atoms with E-state index in [4.69, 9.17) is 16.3 Å². The molecule has 0 radical (unpaired) electrons. The summed E-state index contributed by atoms with van der Waals surface area (Å²) in [4.78, 5) is 30.2. The van der Waals surface area contributed by atoms with Crippen LogP contribution in [-0.4, -0.2) is 24.1 Å². The van der Waals surface area contributed by atoms with Gasteiger partial charge in [0.1, 0.15) is 5.78 Å². The Balaban J connectivity index is 2.07. The highest BCUT2D eigenvalue weighted by molar-refractivity contribution is 6.31. The van der Waals surface area contributed by atoms with Gasteiger partial charge in [-0.25, -0.2) is 4.79 Å². The van der Waals surface area contributed by atoms with Gasteiger partial charge in [0.25, 0.3) is 0 Å². The third-order valence-electron chi connectivity index (χ3n) is 5.10. The maximum Gasteiger partial charge on any atom is 0.336 e. The van der Waals surface area contributed by atoms with Crippen LogP contribution in [0.4, 0.5) is 0 Å². The van der Waals surface area contributed by atoms with E-state index in [1.54, 1.807) is 6.07 Å². The number of ether oxygens (including phenoxy) is 1. The molecule has 2 aliphatic rings. The minimum atomic E-state index is -0.418. The molecule has 4 nitrogen and oxygen atoms in total. The second-order valence-corrected chi connectivity index (χ2v) is 7.30. The van der Waals surface area contributed by atoms with Crippen LogP contribution in [0.5, 0.6) is 0 Å². The molecule has 0 saturated heterocycles. The van der Waals surface area contributed by atoms with Crippen LogP contribution in [0.25, 0.3) is 0 Å². The van der Waals surface area contributed by atoms with Crippen molar-refractivity contribution in [2.45, 2.75) is 51.9 Å².